The molecule has 3 heterocycles. The Kier molecular flexibility index (Phi) is 6.12. The summed E-state index contributed by atoms with van der Waals surface area (Å²) in [6.45, 7) is 1.53. The Morgan fingerprint density at radius 3 is 2.70 bits per heavy atom. The lowest BCUT2D eigenvalue weighted by Crippen LogP contribution is -2.44. The molecule has 2 aromatic rings. The van der Waals surface area contributed by atoms with Crippen LogP contribution in [-0.2, 0) is 9.59 Å². The van der Waals surface area contributed by atoms with Gasteiger partial charge in [-0.2, -0.15) is 0 Å². The predicted molar refractivity (Wildman–Crippen MR) is 125 cm³/mol. The molecule has 9 heteroatoms. The fourth-order valence-electron chi connectivity index (χ4n) is 4.78. The monoisotopic (exact) mass is 470 g/mol. The first-order chi connectivity index (χ1) is 16.0. The lowest BCUT2D eigenvalue weighted by molar-refractivity contribution is -0.123. The molecule has 2 amide bonds. The highest BCUT2D eigenvalue weighted by Crippen LogP contribution is 2.47. The normalized spacial score (nSPS) is 21.2. The maximum atomic E-state index is 12.7. The Morgan fingerprint density at radius 2 is 1.91 bits per heavy atom. The van der Waals surface area contributed by atoms with Crippen LogP contribution in [0, 0.1) is 5.92 Å². The SMILES string of the molecule is O=C(CN1CCCC(C(=O)Nc2ccc(Cl)cn2)C1)Nc1ccc2c(c1)OC1(CCCC1)O2. The molecule has 2 fully saturated rings. The van der Waals surface area contributed by atoms with Crippen molar-refractivity contribution in [3.63, 3.8) is 0 Å². The van der Waals surface area contributed by atoms with E-state index in [0.29, 0.717) is 28.8 Å². The standard InChI is InChI=1S/C24H27ClN4O4/c25-17-5-8-21(26-13-17)28-23(31)16-4-3-11-29(14-16)15-22(30)27-18-6-7-19-20(12-18)33-24(32-19)9-1-2-10-24/h5-8,12-13,16H,1-4,9-11,14-15H2,(H,27,30)(H,26,28,31). The number of carbonyl (C=O) groups excluding carboxylic acids is 2. The summed E-state index contributed by atoms with van der Waals surface area (Å²) in [6, 6.07) is 8.87. The molecule has 1 unspecified atom stereocenters. The van der Waals surface area contributed by atoms with Crippen LogP contribution in [-0.4, -0.2) is 47.1 Å². The van der Waals surface area contributed by atoms with E-state index >= 15 is 0 Å². The van der Waals surface area contributed by atoms with Gasteiger partial charge in [-0.1, -0.05) is 11.6 Å². The fourth-order valence-corrected chi connectivity index (χ4v) is 4.90. The largest absolute Gasteiger partial charge is 0.448 e. The van der Waals surface area contributed by atoms with Crippen molar-refractivity contribution in [3.8, 4) is 11.5 Å². The van der Waals surface area contributed by atoms with Gasteiger partial charge in [-0.05, 0) is 56.5 Å². The number of fused-ring (bicyclic) bond motifs is 1. The highest BCUT2D eigenvalue weighted by atomic mass is 35.5. The second-order valence-corrected chi connectivity index (χ2v) is 9.39. The van der Waals surface area contributed by atoms with Gasteiger partial charge < -0.3 is 20.1 Å². The van der Waals surface area contributed by atoms with Gasteiger partial charge >= 0.3 is 0 Å². The summed E-state index contributed by atoms with van der Waals surface area (Å²) < 4.78 is 12.1. The molecular formula is C24H27ClN4O4. The number of aromatic nitrogens is 1. The minimum atomic E-state index is -0.518. The Morgan fingerprint density at radius 1 is 1.09 bits per heavy atom. The van der Waals surface area contributed by atoms with Gasteiger partial charge in [0.05, 0.1) is 17.5 Å². The molecule has 1 atom stereocenters. The third kappa shape index (κ3) is 5.07. The third-order valence-electron chi connectivity index (χ3n) is 6.41. The molecule has 3 aliphatic rings. The first kappa shape index (κ1) is 22.0. The Balaban J connectivity index is 1.14. The highest BCUT2D eigenvalue weighted by molar-refractivity contribution is 6.30. The third-order valence-corrected chi connectivity index (χ3v) is 6.63. The number of amides is 2. The van der Waals surface area contributed by atoms with E-state index in [2.05, 4.69) is 15.6 Å². The molecule has 2 aliphatic heterocycles. The van der Waals surface area contributed by atoms with Crippen LogP contribution in [0.2, 0.25) is 5.02 Å². The van der Waals surface area contributed by atoms with Gasteiger partial charge in [-0.25, -0.2) is 4.98 Å². The molecular weight excluding hydrogens is 444 g/mol. The smallest absolute Gasteiger partial charge is 0.251 e. The Labute approximate surface area is 197 Å². The molecule has 8 nitrogen and oxygen atoms in total. The minimum Gasteiger partial charge on any atom is -0.448 e. The van der Waals surface area contributed by atoms with Crippen LogP contribution in [0.5, 0.6) is 11.5 Å². The number of pyridine rings is 1. The number of benzene rings is 1. The molecule has 33 heavy (non-hydrogen) atoms. The second-order valence-electron chi connectivity index (χ2n) is 8.96. The van der Waals surface area contributed by atoms with Gasteiger partial charge in [0.25, 0.3) is 5.79 Å². The van der Waals surface area contributed by atoms with E-state index in [1.807, 2.05) is 23.1 Å². The zero-order chi connectivity index (χ0) is 22.8. The number of piperidine rings is 1. The zero-order valence-electron chi connectivity index (χ0n) is 18.3. The van der Waals surface area contributed by atoms with Gasteiger partial charge in [0.1, 0.15) is 5.82 Å². The van der Waals surface area contributed by atoms with Crippen LogP contribution in [0.4, 0.5) is 11.5 Å². The Bertz CT molecular complexity index is 1040. The van der Waals surface area contributed by atoms with Crippen LogP contribution in [0.15, 0.2) is 36.5 Å². The fraction of sp³-hybridized carbons (Fsp3) is 0.458. The van der Waals surface area contributed by atoms with E-state index in [-0.39, 0.29) is 24.3 Å². The van der Waals surface area contributed by atoms with Gasteiger partial charge in [0.15, 0.2) is 11.5 Å². The van der Waals surface area contributed by atoms with Crippen molar-refractivity contribution in [3.05, 3.63) is 41.6 Å². The van der Waals surface area contributed by atoms with Crippen LogP contribution >= 0.6 is 11.6 Å². The van der Waals surface area contributed by atoms with Crippen molar-refractivity contribution < 1.29 is 19.1 Å². The van der Waals surface area contributed by atoms with E-state index in [0.717, 1.165) is 50.8 Å². The van der Waals surface area contributed by atoms with Gasteiger partial charge in [0.2, 0.25) is 11.8 Å². The number of likely N-dealkylation sites (tertiary alicyclic amines) is 1. The summed E-state index contributed by atoms with van der Waals surface area (Å²) in [7, 11) is 0. The quantitative estimate of drug-likeness (QED) is 0.684. The number of anilines is 2. The number of hydrogen-bond acceptors (Lipinski definition) is 6. The van der Waals surface area contributed by atoms with Crippen LogP contribution in [0.3, 0.4) is 0 Å². The molecule has 1 aromatic heterocycles. The van der Waals surface area contributed by atoms with E-state index in [4.69, 9.17) is 21.1 Å². The lowest BCUT2D eigenvalue weighted by Gasteiger charge is -2.31. The van der Waals surface area contributed by atoms with Crippen molar-refractivity contribution in [2.45, 2.75) is 44.3 Å². The average Bonchev–Trinajstić information content (AvgIpc) is 3.40. The van der Waals surface area contributed by atoms with Crippen molar-refractivity contribution in [2.24, 2.45) is 5.92 Å². The molecule has 0 radical (unpaired) electrons. The molecule has 1 spiro atoms. The van der Waals surface area contributed by atoms with E-state index in [1.165, 1.54) is 6.20 Å². The molecule has 1 saturated heterocycles. The molecule has 5 rings (SSSR count). The van der Waals surface area contributed by atoms with Crippen molar-refractivity contribution >= 4 is 34.9 Å². The van der Waals surface area contributed by atoms with Gasteiger partial charge in [-0.15, -0.1) is 0 Å². The van der Waals surface area contributed by atoms with Crippen LogP contribution in [0.25, 0.3) is 0 Å². The minimum absolute atomic E-state index is 0.0912. The number of nitrogens with zero attached hydrogens (tertiary/aromatic N) is 2. The van der Waals surface area contributed by atoms with Crippen molar-refractivity contribution in [1.82, 2.24) is 9.88 Å². The number of hydrogen-bond donors (Lipinski definition) is 2. The van der Waals surface area contributed by atoms with E-state index in [9.17, 15) is 9.59 Å². The highest BCUT2D eigenvalue weighted by Gasteiger charge is 2.44. The number of ether oxygens (including phenoxy) is 2. The van der Waals surface area contributed by atoms with E-state index < -0.39 is 5.79 Å². The van der Waals surface area contributed by atoms with Gasteiger partial charge in [0, 0.05) is 37.3 Å². The molecule has 1 aliphatic carbocycles. The zero-order valence-corrected chi connectivity index (χ0v) is 19.1. The summed E-state index contributed by atoms with van der Waals surface area (Å²) in [4.78, 5) is 31.5. The number of nitrogens with one attached hydrogen (secondary N) is 2. The molecule has 2 N–H and O–H groups in total. The predicted octanol–water partition coefficient (Wildman–Crippen LogP) is 4.07. The number of carbonyl (C=O) groups is 2. The maximum absolute atomic E-state index is 12.7. The topological polar surface area (TPSA) is 92.8 Å². The maximum Gasteiger partial charge on any atom is 0.251 e. The number of rotatable bonds is 5. The summed E-state index contributed by atoms with van der Waals surface area (Å²) in [5.41, 5.74) is 0.678. The summed E-state index contributed by atoms with van der Waals surface area (Å²) in [6.07, 6.45) is 7.11. The summed E-state index contributed by atoms with van der Waals surface area (Å²) in [5, 5.41) is 6.30. The molecule has 174 valence electrons. The first-order valence-corrected chi connectivity index (χ1v) is 11.8. The lowest BCUT2D eigenvalue weighted by atomic mass is 9.97. The van der Waals surface area contributed by atoms with Crippen LogP contribution in [0.1, 0.15) is 38.5 Å². The number of halogens is 1. The average molecular weight is 471 g/mol. The van der Waals surface area contributed by atoms with Crippen molar-refractivity contribution in [1.29, 1.82) is 0 Å². The summed E-state index contributed by atoms with van der Waals surface area (Å²) in [5.74, 6) is 0.959. The van der Waals surface area contributed by atoms with Crippen molar-refractivity contribution in [2.75, 3.05) is 30.3 Å². The Hall–Kier alpha value is -2.84. The summed E-state index contributed by atoms with van der Waals surface area (Å²) >= 11 is 5.85. The van der Waals surface area contributed by atoms with Crippen LogP contribution < -0.4 is 20.1 Å². The molecule has 0 bridgehead atoms. The molecule has 1 saturated carbocycles. The second kappa shape index (κ2) is 9.19. The van der Waals surface area contributed by atoms with E-state index in [1.54, 1.807) is 12.1 Å². The molecule has 1 aromatic carbocycles. The van der Waals surface area contributed by atoms with Gasteiger partial charge in [-0.3, -0.25) is 14.5 Å². The first-order valence-electron chi connectivity index (χ1n) is 11.4.